The lowest BCUT2D eigenvalue weighted by Gasteiger charge is -2.10. The van der Waals surface area contributed by atoms with Crippen molar-refractivity contribution in [2.45, 2.75) is 12.8 Å². The molecular weight excluding hydrogens is 209 g/mol. The molecular formula is C9H7ClFNO2. The Morgan fingerprint density at radius 3 is 2.64 bits per heavy atom. The SMILES string of the molecule is CC(C#N)c1c(O)c(Cl)cc(O)c1F. The second-order valence-electron chi connectivity index (χ2n) is 2.80. The van der Waals surface area contributed by atoms with E-state index in [0.29, 0.717) is 0 Å². The number of nitriles is 1. The number of nitrogens with zero attached hydrogens (tertiary/aromatic N) is 1. The minimum atomic E-state index is -1.01. The lowest BCUT2D eigenvalue weighted by molar-refractivity contribution is 0.412. The van der Waals surface area contributed by atoms with E-state index in [4.69, 9.17) is 22.0 Å². The van der Waals surface area contributed by atoms with Gasteiger partial charge in [0.15, 0.2) is 11.6 Å². The quantitative estimate of drug-likeness (QED) is 0.708. The molecule has 0 spiro atoms. The second kappa shape index (κ2) is 3.72. The van der Waals surface area contributed by atoms with Gasteiger partial charge < -0.3 is 10.2 Å². The Bertz CT molecular complexity index is 388. The molecule has 0 bridgehead atoms. The fourth-order valence-corrected chi connectivity index (χ4v) is 1.29. The molecule has 1 aromatic carbocycles. The summed E-state index contributed by atoms with van der Waals surface area (Å²) in [4.78, 5) is 0. The van der Waals surface area contributed by atoms with Crippen LogP contribution < -0.4 is 0 Å². The van der Waals surface area contributed by atoms with Gasteiger partial charge in [-0.1, -0.05) is 11.6 Å². The third-order valence-corrected chi connectivity index (χ3v) is 2.12. The molecule has 14 heavy (non-hydrogen) atoms. The molecule has 3 nitrogen and oxygen atoms in total. The molecule has 0 saturated heterocycles. The van der Waals surface area contributed by atoms with Gasteiger partial charge in [0.2, 0.25) is 0 Å². The van der Waals surface area contributed by atoms with Gasteiger partial charge >= 0.3 is 0 Å². The monoisotopic (exact) mass is 215 g/mol. The van der Waals surface area contributed by atoms with Crippen molar-refractivity contribution in [1.29, 1.82) is 5.26 Å². The highest BCUT2D eigenvalue weighted by Gasteiger charge is 2.21. The van der Waals surface area contributed by atoms with E-state index < -0.39 is 23.2 Å². The highest BCUT2D eigenvalue weighted by atomic mass is 35.5. The van der Waals surface area contributed by atoms with E-state index in [2.05, 4.69) is 0 Å². The molecule has 0 saturated carbocycles. The zero-order chi connectivity index (χ0) is 10.9. The first kappa shape index (κ1) is 10.6. The minimum Gasteiger partial charge on any atom is -0.506 e. The molecule has 1 aromatic rings. The van der Waals surface area contributed by atoms with Crippen LogP contribution in [0.4, 0.5) is 4.39 Å². The molecule has 0 fully saturated rings. The van der Waals surface area contributed by atoms with Crippen LogP contribution in [0, 0.1) is 17.1 Å². The summed E-state index contributed by atoms with van der Waals surface area (Å²) in [6.45, 7) is 1.40. The van der Waals surface area contributed by atoms with Crippen molar-refractivity contribution in [2.75, 3.05) is 0 Å². The van der Waals surface area contributed by atoms with Gasteiger partial charge in [-0.25, -0.2) is 4.39 Å². The molecule has 0 heterocycles. The molecule has 0 amide bonds. The van der Waals surface area contributed by atoms with E-state index in [1.165, 1.54) is 6.92 Å². The average molecular weight is 216 g/mol. The van der Waals surface area contributed by atoms with E-state index in [1.54, 1.807) is 6.07 Å². The second-order valence-corrected chi connectivity index (χ2v) is 3.21. The zero-order valence-electron chi connectivity index (χ0n) is 7.25. The van der Waals surface area contributed by atoms with Crippen molar-refractivity contribution in [1.82, 2.24) is 0 Å². The molecule has 1 atom stereocenters. The summed E-state index contributed by atoms with van der Waals surface area (Å²) in [7, 11) is 0. The maximum absolute atomic E-state index is 13.3. The summed E-state index contributed by atoms with van der Waals surface area (Å²) in [6, 6.07) is 2.64. The lowest BCUT2D eigenvalue weighted by Crippen LogP contribution is -1.96. The summed E-state index contributed by atoms with van der Waals surface area (Å²) in [5.74, 6) is -3.07. The van der Waals surface area contributed by atoms with Crippen LogP contribution in [0.3, 0.4) is 0 Å². The number of hydrogen-bond acceptors (Lipinski definition) is 3. The highest BCUT2D eigenvalue weighted by Crippen LogP contribution is 2.38. The first-order chi connectivity index (χ1) is 6.49. The Morgan fingerprint density at radius 2 is 2.14 bits per heavy atom. The third kappa shape index (κ3) is 1.59. The van der Waals surface area contributed by atoms with Crippen LogP contribution in [-0.4, -0.2) is 10.2 Å². The van der Waals surface area contributed by atoms with E-state index in [0.717, 1.165) is 6.07 Å². The summed E-state index contributed by atoms with van der Waals surface area (Å²) in [5, 5.41) is 26.8. The van der Waals surface area contributed by atoms with E-state index in [-0.39, 0.29) is 10.6 Å². The zero-order valence-corrected chi connectivity index (χ0v) is 8.01. The Balaban J connectivity index is 3.49. The third-order valence-electron chi connectivity index (χ3n) is 1.83. The summed E-state index contributed by atoms with van der Waals surface area (Å²) < 4.78 is 13.3. The Kier molecular flexibility index (Phi) is 2.82. The van der Waals surface area contributed by atoms with Crippen molar-refractivity contribution in [3.8, 4) is 17.6 Å². The number of phenols is 2. The Hall–Kier alpha value is -1.47. The number of benzene rings is 1. The predicted molar refractivity (Wildman–Crippen MR) is 48.8 cm³/mol. The molecule has 2 N–H and O–H groups in total. The van der Waals surface area contributed by atoms with Crippen molar-refractivity contribution in [3.63, 3.8) is 0 Å². The van der Waals surface area contributed by atoms with Gasteiger partial charge in [-0.3, -0.25) is 0 Å². The van der Waals surface area contributed by atoms with Crippen molar-refractivity contribution in [2.24, 2.45) is 0 Å². The number of halogens is 2. The molecule has 0 aliphatic carbocycles. The van der Waals surface area contributed by atoms with Crippen LogP contribution in [0.25, 0.3) is 0 Å². The van der Waals surface area contributed by atoms with Crippen molar-refractivity contribution in [3.05, 3.63) is 22.5 Å². The minimum absolute atomic E-state index is 0.180. The first-order valence-corrected chi connectivity index (χ1v) is 4.16. The number of rotatable bonds is 1. The first-order valence-electron chi connectivity index (χ1n) is 3.78. The smallest absolute Gasteiger partial charge is 0.173 e. The normalized spacial score (nSPS) is 12.1. The van der Waals surface area contributed by atoms with Gasteiger partial charge in [-0.05, 0) is 6.92 Å². The van der Waals surface area contributed by atoms with Crippen molar-refractivity contribution >= 4 is 11.6 Å². The van der Waals surface area contributed by atoms with Crippen LogP contribution in [0.1, 0.15) is 18.4 Å². The van der Waals surface area contributed by atoms with Gasteiger partial charge in [0.05, 0.1) is 22.6 Å². The summed E-state index contributed by atoms with van der Waals surface area (Å²) in [6.07, 6.45) is 0. The van der Waals surface area contributed by atoms with Gasteiger partial charge in [0.25, 0.3) is 0 Å². The fraction of sp³-hybridized carbons (Fsp3) is 0.222. The molecule has 5 heteroatoms. The molecule has 1 unspecified atom stereocenters. The number of aromatic hydroxyl groups is 2. The molecule has 0 aromatic heterocycles. The fourth-order valence-electron chi connectivity index (χ4n) is 1.08. The topological polar surface area (TPSA) is 64.2 Å². The van der Waals surface area contributed by atoms with E-state index in [1.807, 2.05) is 0 Å². The Morgan fingerprint density at radius 1 is 1.57 bits per heavy atom. The van der Waals surface area contributed by atoms with Crippen LogP contribution in [-0.2, 0) is 0 Å². The molecule has 74 valence electrons. The van der Waals surface area contributed by atoms with Crippen LogP contribution in [0.5, 0.6) is 11.5 Å². The van der Waals surface area contributed by atoms with Gasteiger partial charge in [-0.15, -0.1) is 0 Å². The van der Waals surface area contributed by atoms with E-state index >= 15 is 0 Å². The highest BCUT2D eigenvalue weighted by molar-refractivity contribution is 6.32. The van der Waals surface area contributed by atoms with Gasteiger partial charge in [0.1, 0.15) is 5.75 Å². The van der Waals surface area contributed by atoms with Crippen LogP contribution >= 0.6 is 11.6 Å². The standard InChI is InChI=1S/C9H7ClFNO2/c1-4(3-12)7-8(11)6(13)2-5(10)9(7)14/h2,4,13-14H,1H3. The Labute approximate surface area is 85.0 Å². The largest absolute Gasteiger partial charge is 0.506 e. The number of phenolic OH excluding ortho intramolecular Hbond substituents is 2. The number of hydrogen-bond donors (Lipinski definition) is 2. The maximum atomic E-state index is 13.3. The van der Waals surface area contributed by atoms with Gasteiger partial charge in [-0.2, -0.15) is 5.26 Å². The molecule has 0 aliphatic rings. The molecule has 0 radical (unpaired) electrons. The predicted octanol–water partition coefficient (Wildman–Crippen LogP) is 2.52. The lowest BCUT2D eigenvalue weighted by atomic mass is 10.0. The maximum Gasteiger partial charge on any atom is 0.173 e. The average Bonchev–Trinajstić information content (AvgIpc) is 2.15. The van der Waals surface area contributed by atoms with E-state index in [9.17, 15) is 9.50 Å². The van der Waals surface area contributed by atoms with Crippen molar-refractivity contribution < 1.29 is 14.6 Å². The summed E-state index contributed by atoms with van der Waals surface area (Å²) >= 11 is 5.51. The molecule has 0 aliphatic heterocycles. The summed E-state index contributed by atoms with van der Waals surface area (Å²) in [5.41, 5.74) is -0.280. The van der Waals surface area contributed by atoms with Crippen LogP contribution in [0.15, 0.2) is 6.07 Å². The van der Waals surface area contributed by atoms with Crippen LogP contribution in [0.2, 0.25) is 5.02 Å². The molecule has 1 rings (SSSR count). The van der Waals surface area contributed by atoms with Gasteiger partial charge in [0, 0.05) is 6.07 Å².